The molecule has 0 spiro atoms. The smallest absolute Gasteiger partial charge is 0.124 e. The standard InChI is InChI=1S/C39H36O/c1-2-3-4-5-6-13-26-22-23-37(40)39(34-21-12-19-32-30-17-10-8-15-28(30)25-36(32)34)38(26)33-20-11-18-31-29-16-9-7-14-27(29)24-35(31)33/h7-12,14-23,40H,2-6,13,24-25H2,1H3. The Morgan fingerprint density at radius 1 is 0.500 bits per heavy atom. The number of hydrogen-bond donors (Lipinski definition) is 1. The first kappa shape index (κ1) is 24.9. The van der Waals surface area contributed by atoms with Gasteiger partial charge in [0.1, 0.15) is 5.75 Å². The number of hydrogen-bond acceptors (Lipinski definition) is 1. The van der Waals surface area contributed by atoms with E-state index in [4.69, 9.17) is 0 Å². The van der Waals surface area contributed by atoms with E-state index in [1.54, 1.807) is 0 Å². The maximum Gasteiger partial charge on any atom is 0.124 e. The SMILES string of the molecule is CCCCCCCc1ccc(O)c(-c2cccc3c2Cc2ccccc2-3)c1-c1cccc2c1Cc1ccccc1-2. The molecule has 0 bridgehead atoms. The third-order valence-corrected chi connectivity index (χ3v) is 9.06. The van der Waals surface area contributed by atoms with E-state index in [0.717, 1.165) is 24.8 Å². The lowest BCUT2D eigenvalue weighted by atomic mass is 9.83. The average molecular weight is 521 g/mol. The van der Waals surface area contributed by atoms with Crippen molar-refractivity contribution >= 4 is 0 Å². The second-order valence-corrected chi connectivity index (χ2v) is 11.5. The molecule has 0 aliphatic heterocycles. The van der Waals surface area contributed by atoms with Crippen molar-refractivity contribution in [3.05, 3.63) is 125 Å². The van der Waals surface area contributed by atoms with Gasteiger partial charge in [-0.1, -0.05) is 124 Å². The van der Waals surface area contributed by atoms with E-state index in [1.165, 1.54) is 98.9 Å². The second-order valence-electron chi connectivity index (χ2n) is 11.5. The van der Waals surface area contributed by atoms with Crippen LogP contribution in [-0.2, 0) is 19.3 Å². The fraction of sp³-hybridized carbons (Fsp3) is 0.231. The van der Waals surface area contributed by atoms with Crippen molar-refractivity contribution in [2.45, 2.75) is 58.3 Å². The Balaban J connectivity index is 1.42. The van der Waals surface area contributed by atoms with Crippen LogP contribution in [-0.4, -0.2) is 5.11 Å². The molecule has 0 unspecified atom stereocenters. The quantitative estimate of drug-likeness (QED) is 0.198. The summed E-state index contributed by atoms with van der Waals surface area (Å²) in [5.41, 5.74) is 16.8. The van der Waals surface area contributed by atoms with Crippen molar-refractivity contribution in [2.75, 3.05) is 0 Å². The molecule has 0 radical (unpaired) electrons. The average Bonchev–Trinajstić information content (AvgIpc) is 3.56. The lowest BCUT2D eigenvalue weighted by Crippen LogP contribution is -2.00. The number of benzene rings is 5. The van der Waals surface area contributed by atoms with Gasteiger partial charge in [-0.3, -0.25) is 0 Å². The van der Waals surface area contributed by atoms with Crippen LogP contribution in [0.5, 0.6) is 5.75 Å². The van der Waals surface area contributed by atoms with Crippen molar-refractivity contribution < 1.29 is 5.11 Å². The van der Waals surface area contributed by atoms with Gasteiger partial charge in [0.2, 0.25) is 0 Å². The summed E-state index contributed by atoms with van der Waals surface area (Å²) in [5.74, 6) is 0.377. The minimum absolute atomic E-state index is 0.377. The molecule has 1 nitrogen and oxygen atoms in total. The lowest BCUT2D eigenvalue weighted by molar-refractivity contribution is 0.477. The van der Waals surface area contributed by atoms with Crippen LogP contribution in [0.4, 0.5) is 0 Å². The number of aromatic hydroxyl groups is 1. The van der Waals surface area contributed by atoms with Gasteiger partial charge in [0.25, 0.3) is 0 Å². The van der Waals surface area contributed by atoms with E-state index in [0.29, 0.717) is 5.75 Å². The van der Waals surface area contributed by atoms with Crippen LogP contribution in [0.2, 0.25) is 0 Å². The highest BCUT2D eigenvalue weighted by molar-refractivity contribution is 5.97. The Kier molecular flexibility index (Phi) is 6.52. The van der Waals surface area contributed by atoms with E-state index in [2.05, 4.69) is 97.9 Å². The number of aryl methyl sites for hydroxylation is 1. The summed E-state index contributed by atoms with van der Waals surface area (Å²) in [4.78, 5) is 0. The Morgan fingerprint density at radius 3 is 1.65 bits per heavy atom. The number of fused-ring (bicyclic) bond motifs is 6. The van der Waals surface area contributed by atoms with Crippen molar-refractivity contribution in [2.24, 2.45) is 0 Å². The summed E-state index contributed by atoms with van der Waals surface area (Å²) in [6, 6.07) is 35.1. The highest BCUT2D eigenvalue weighted by Crippen LogP contribution is 2.50. The van der Waals surface area contributed by atoms with Crippen LogP contribution in [0, 0.1) is 0 Å². The monoisotopic (exact) mass is 520 g/mol. The Bertz CT molecular complexity index is 1720. The van der Waals surface area contributed by atoms with Gasteiger partial charge in [-0.05, 0) is 98.5 Å². The molecule has 0 heterocycles. The van der Waals surface area contributed by atoms with Gasteiger partial charge in [0.15, 0.2) is 0 Å². The van der Waals surface area contributed by atoms with Gasteiger partial charge in [0.05, 0.1) is 0 Å². The first-order valence-electron chi connectivity index (χ1n) is 15.0. The molecule has 0 fully saturated rings. The van der Waals surface area contributed by atoms with Crippen LogP contribution in [0.15, 0.2) is 97.1 Å². The van der Waals surface area contributed by atoms with Crippen LogP contribution in [0.1, 0.15) is 66.8 Å². The summed E-state index contributed by atoms with van der Waals surface area (Å²) in [5, 5.41) is 11.6. The maximum absolute atomic E-state index is 11.6. The summed E-state index contributed by atoms with van der Waals surface area (Å²) in [6.07, 6.45) is 9.13. The molecule has 0 atom stereocenters. The summed E-state index contributed by atoms with van der Waals surface area (Å²) >= 11 is 0. The normalized spacial score (nSPS) is 12.6. The van der Waals surface area contributed by atoms with Gasteiger partial charge < -0.3 is 5.11 Å². The minimum atomic E-state index is 0.377. The van der Waals surface area contributed by atoms with Crippen molar-refractivity contribution in [1.29, 1.82) is 0 Å². The molecular formula is C39H36O. The zero-order valence-electron chi connectivity index (χ0n) is 23.3. The first-order valence-corrected chi connectivity index (χ1v) is 15.0. The van der Waals surface area contributed by atoms with E-state index in [1.807, 2.05) is 6.07 Å². The highest BCUT2D eigenvalue weighted by Gasteiger charge is 2.28. The second kappa shape index (κ2) is 10.5. The zero-order chi connectivity index (χ0) is 27.1. The lowest BCUT2D eigenvalue weighted by Gasteiger charge is -2.21. The third kappa shape index (κ3) is 4.16. The highest BCUT2D eigenvalue weighted by atomic mass is 16.3. The van der Waals surface area contributed by atoms with Crippen LogP contribution in [0.3, 0.4) is 0 Å². The summed E-state index contributed by atoms with van der Waals surface area (Å²) < 4.78 is 0. The molecule has 1 heteroatoms. The zero-order valence-corrected chi connectivity index (χ0v) is 23.3. The van der Waals surface area contributed by atoms with Crippen molar-refractivity contribution in [3.63, 3.8) is 0 Å². The fourth-order valence-electron chi connectivity index (χ4n) is 7.13. The van der Waals surface area contributed by atoms with Crippen molar-refractivity contribution in [3.8, 4) is 50.3 Å². The molecule has 2 aliphatic rings. The predicted octanol–water partition coefficient (Wildman–Crippen LogP) is 10.4. The molecule has 5 aromatic carbocycles. The molecule has 40 heavy (non-hydrogen) atoms. The van der Waals surface area contributed by atoms with Gasteiger partial charge in [-0.2, -0.15) is 0 Å². The molecule has 0 saturated carbocycles. The Labute approximate surface area is 238 Å². The van der Waals surface area contributed by atoms with Crippen LogP contribution in [0.25, 0.3) is 44.5 Å². The minimum Gasteiger partial charge on any atom is -0.507 e. The third-order valence-electron chi connectivity index (χ3n) is 9.06. The van der Waals surface area contributed by atoms with Crippen molar-refractivity contribution in [1.82, 2.24) is 0 Å². The molecule has 0 saturated heterocycles. The Hall–Kier alpha value is -4.10. The van der Waals surface area contributed by atoms with E-state index in [-0.39, 0.29) is 0 Å². The molecule has 198 valence electrons. The number of rotatable bonds is 8. The van der Waals surface area contributed by atoms with Gasteiger partial charge in [0, 0.05) is 5.56 Å². The Morgan fingerprint density at radius 2 is 1.02 bits per heavy atom. The molecule has 0 aromatic heterocycles. The van der Waals surface area contributed by atoms with E-state index in [9.17, 15) is 5.11 Å². The van der Waals surface area contributed by atoms with Crippen LogP contribution < -0.4 is 0 Å². The summed E-state index contributed by atoms with van der Waals surface area (Å²) in [6.45, 7) is 2.27. The molecule has 2 aliphatic carbocycles. The number of unbranched alkanes of at least 4 members (excludes halogenated alkanes) is 4. The maximum atomic E-state index is 11.6. The molecule has 7 rings (SSSR count). The van der Waals surface area contributed by atoms with Gasteiger partial charge in [-0.15, -0.1) is 0 Å². The largest absolute Gasteiger partial charge is 0.507 e. The topological polar surface area (TPSA) is 20.2 Å². The molecule has 1 N–H and O–H groups in total. The van der Waals surface area contributed by atoms with Crippen LogP contribution >= 0.6 is 0 Å². The molecular weight excluding hydrogens is 484 g/mol. The number of phenolic OH excluding ortho intramolecular Hbond substituents is 1. The van der Waals surface area contributed by atoms with Gasteiger partial charge in [-0.25, -0.2) is 0 Å². The summed E-state index contributed by atoms with van der Waals surface area (Å²) in [7, 11) is 0. The predicted molar refractivity (Wildman–Crippen MR) is 168 cm³/mol. The molecule has 0 amide bonds. The number of phenols is 1. The fourth-order valence-corrected chi connectivity index (χ4v) is 7.13. The van der Waals surface area contributed by atoms with E-state index >= 15 is 0 Å². The van der Waals surface area contributed by atoms with Gasteiger partial charge >= 0.3 is 0 Å². The molecule has 5 aromatic rings. The first-order chi connectivity index (χ1) is 19.7. The van der Waals surface area contributed by atoms with E-state index < -0.39 is 0 Å².